The molecule has 1 heterocycles. The average Bonchev–Trinajstić information content (AvgIpc) is 2.48. The Labute approximate surface area is 117 Å². The minimum atomic E-state index is -0.312. The Morgan fingerprint density at radius 2 is 2.00 bits per heavy atom. The largest absolute Gasteiger partial charge is 0.439 e. The van der Waals surface area contributed by atoms with E-state index >= 15 is 0 Å². The van der Waals surface area contributed by atoms with E-state index in [0.29, 0.717) is 17.4 Å². The Morgan fingerprint density at radius 3 is 2.65 bits per heavy atom. The van der Waals surface area contributed by atoms with Crippen molar-refractivity contribution in [1.29, 1.82) is 0 Å². The number of carbonyl (C=O) groups is 1. The maximum absolute atomic E-state index is 10.6. The van der Waals surface area contributed by atoms with E-state index in [0.717, 1.165) is 12.0 Å². The first-order valence-electron chi connectivity index (χ1n) is 6.21. The molecule has 6 heteroatoms. The van der Waals surface area contributed by atoms with Gasteiger partial charge in [-0.3, -0.25) is 0 Å². The summed E-state index contributed by atoms with van der Waals surface area (Å²) < 4.78 is 5.63. The van der Waals surface area contributed by atoms with E-state index < -0.39 is 0 Å². The number of ether oxygens (including phenoxy) is 1. The molecule has 2 rings (SSSR count). The zero-order valence-electron chi connectivity index (χ0n) is 11.3. The summed E-state index contributed by atoms with van der Waals surface area (Å²) in [5.74, 6) is 1.64. The minimum absolute atomic E-state index is 0.312. The van der Waals surface area contributed by atoms with E-state index in [2.05, 4.69) is 20.6 Å². The molecule has 1 atom stereocenters. The number of nitrogens with zero attached hydrogens (tertiary/aromatic N) is 2. The molecule has 0 unspecified atom stereocenters. The van der Waals surface area contributed by atoms with Gasteiger partial charge in [0.05, 0.1) is 6.04 Å². The third-order valence-electron chi connectivity index (χ3n) is 2.59. The smallest absolute Gasteiger partial charge is 0.224 e. The lowest BCUT2D eigenvalue weighted by Crippen LogP contribution is -2.17. The second-order valence-electron chi connectivity index (χ2n) is 4.19. The fraction of sp³-hybridized carbons (Fsp3) is 0.214. The highest BCUT2D eigenvalue weighted by Crippen LogP contribution is 2.22. The van der Waals surface area contributed by atoms with Crippen molar-refractivity contribution in [2.24, 2.45) is 0 Å². The molecule has 1 aromatic carbocycles. The van der Waals surface area contributed by atoms with Gasteiger partial charge in [-0.25, -0.2) is 9.97 Å². The molecule has 2 N–H and O–H groups in total. The van der Waals surface area contributed by atoms with Gasteiger partial charge in [0.1, 0.15) is 24.2 Å². The minimum Gasteiger partial charge on any atom is -0.439 e. The number of carbonyl (C=O) groups excluding carboxylic acids is 1. The maximum atomic E-state index is 10.6. The molecule has 0 aliphatic heterocycles. The SMILES string of the molecule is CNc1ccc(Oc2cc(N[C@@H](C)C=O)ncn2)cc1. The van der Waals surface area contributed by atoms with Crippen LogP contribution in [0.1, 0.15) is 6.92 Å². The first-order valence-corrected chi connectivity index (χ1v) is 6.21. The standard InChI is InChI=1S/C14H16N4O2/c1-10(8-19)18-13-7-14(17-9-16-13)20-12-5-3-11(15-2)4-6-12/h3-10,15H,1-2H3,(H,16,17,18)/t10-/m0/s1. The summed E-state index contributed by atoms with van der Waals surface area (Å²) in [6.45, 7) is 1.74. The van der Waals surface area contributed by atoms with E-state index in [1.807, 2.05) is 31.3 Å². The van der Waals surface area contributed by atoms with Crippen LogP contribution in [0.4, 0.5) is 11.5 Å². The van der Waals surface area contributed by atoms with Gasteiger partial charge in [-0.2, -0.15) is 0 Å². The first-order chi connectivity index (χ1) is 9.71. The Kier molecular flexibility index (Phi) is 4.49. The monoisotopic (exact) mass is 272 g/mol. The molecule has 1 aromatic heterocycles. The molecular formula is C14H16N4O2. The quantitative estimate of drug-likeness (QED) is 0.786. The highest BCUT2D eigenvalue weighted by molar-refractivity contribution is 5.62. The second kappa shape index (κ2) is 6.51. The molecule has 20 heavy (non-hydrogen) atoms. The van der Waals surface area contributed by atoms with Crippen molar-refractivity contribution in [2.45, 2.75) is 13.0 Å². The van der Waals surface area contributed by atoms with Crippen LogP contribution in [-0.2, 0) is 4.79 Å². The number of hydrogen-bond donors (Lipinski definition) is 2. The lowest BCUT2D eigenvalue weighted by molar-refractivity contribution is -0.108. The fourth-order valence-electron chi connectivity index (χ4n) is 1.55. The molecule has 0 amide bonds. The number of rotatable bonds is 6. The summed E-state index contributed by atoms with van der Waals surface area (Å²) >= 11 is 0. The molecule has 0 radical (unpaired) electrons. The van der Waals surface area contributed by atoms with Crippen molar-refractivity contribution >= 4 is 17.8 Å². The number of hydrogen-bond acceptors (Lipinski definition) is 6. The average molecular weight is 272 g/mol. The molecule has 0 spiro atoms. The Bertz CT molecular complexity index is 572. The summed E-state index contributed by atoms with van der Waals surface area (Å²) in [5, 5.41) is 5.96. The first kappa shape index (κ1) is 13.8. The zero-order valence-corrected chi connectivity index (χ0v) is 11.3. The van der Waals surface area contributed by atoms with Crippen molar-refractivity contribution < 1.29 is 9.53 Å². The molecule has 0 aliphatic rings. The fourth-order valence-corrected chi connectivity index (χ4v) is 1.55. The van der Waals surface area contributed by atoms with Gasteiger partial charge in [-0.15, -0.1) is 0 Å². The van der Waals surface area contributed by atoms with Crippen molar-refractivity contribution in [3.63, 3.8) is 0 Å². The van der Waals surface area contributed by atoms with Crippen LogP contribution >= 0.6 is 0 Å². The van der Waals surface area contributed by atoms with E-state index in [1.165, 1.54) is 6.33 Å². The number of benzene rings is 1. The number of anilines is 2. The van der Waals surface area contributed by atoms with E-state index in [9.17, 15) is 4.79 Å². The molecule has 104 valence electrons. The Balaban J connectivity index is 2.08. The highest BCUT2D eigenvalue weighted by atomic mass is 16.5. The lowest BCUT2D eigenvalue weighted by Gasteiger charge is -2.09. The topological polar surface area (TPSA) is 76.1 Å². The van der Waals surface area contributed by atoms with Crippen LogP contribution in [-0.4, -0.2) is 29.3 Å². The molecule has 0 bridgehead atoms. The molecule has 0 fully saturated rings. The van der Waals surface area contributed by atoms with Crippen LogP contribution in [0.5, 0.6) is 11.6 Å². The normalized spacial score (nSPS) is 11.5. The number of aromatic nitrogens is 2. The zero-order chi connectivity index (χ0) is 14.4. The van der Waals surface area contributed by atoms with Crippen molar-refractivity contribution in [1.82, 2.24) is 9.97 Å². The molecule has 6 nitrogen and oxygen atoms in total. The Morgan fingerprint density at radius 1 is 1.25 bits per heavy atom. The van der Waals surface area contributed by atoms with Crippen LogP contribution in [0.25, 0.3) is 0 Å². The molecule has 0 aliphatic carbocycles. The lowest BCUT2D eigenvalue weighted by atomic mass is 10.3. The number of aldehydes is 1. The van der Waals surface area contributed by atoms with E-state index in [4.69, 9.17) is 4.74 Å². The third kappa shape index (κ3) is 3.68. The summed E-state index contributed by atoms with van der Waals surface area (Å²) in [5.41, 5.74) is 1.00. The van der Waals surface area contributed by atoms with Crippen LogP contribution < -0.4 is 15.4 Å². The Hall–Kier alpha value is -2.63. The van der Waals surface area contributed by atoms with Gasteiger partial charge < -0.3 is 20.2 Å². The third-order valence-corrected chi connectivity index (χ3v) is 2.59. The van der Waals surface area contributed by atoms with Crippen molar-refractivity contribution in [3.05, 3.63) is 36.7 Å². The van der Waals surface area contributed by atoms with Crippen molar-refractivity contribution in [2.75, 3.05) is 17.7 Å². The van der Waals surface area contributed by atoms with E-state index in [-0.39, 0.29) is 6.04 Å². The summed E-state index contributed by atoms with van der Waals surface area (Å²) in [7, 11) is 1.85. The van der Waals surface area contributed by atoms with E-state index in [1.54, 1.807) is 13.0 Å². The molecule has 0 saturated carbocycles. The van der Waals surface area contributed by atoms with Gasteiger partial charge in [-0.1, -0.05) is 0 Å². The van der Waals surface area contributed by atoms with Gasteiger partial charge in [0, 0.05) is 18.8 Å². The summed E-state index contributed by atoms with van der Waals surface area (Å²) in [6.07, 6.45) is 2.19. The molecule has 0 saturated heterocycles. The van der Waals surface area contributed by atoms with Gasteiger partial charge in [0.2, 0.25) is 5.88 Å². The maximum Gasteiger partial charge on any atom is 0.224 e. The van der Waals surface area contributed by atoms with Gasteiger partial charge in [0.15, 0.2) is 0 Å². The highest BCUT2D eigenvalue weighted by Gasteiger charge is 2.04. The van der Waals surface area contributed by atoms with Crippen molar-refractivity contribution in [3.8, 4) is 11.6 Å². The second-order valence-corrected chi connectivity index (χ2v) is 4.19. The summed E-state index contributed by atoms with van der Waals surface area (Å²) in [4.78, 5) is 18.7. The van der Waals surface area contributed by atoms with Crippen LogP contribution in [0.15, 0.2) is 36.7 Å². The van der Waals surface area contributed by atoms with Gasteiger partial charge >= 0.3 is 0 Å². The van der Waals surface area contributed by atoms with Crippen LogP contribution in [0, 0.1) is 0 Å². The molecule has 2 aromatic rings. The van der Waals surface area contributed by atoms with Gasteiger partial charge in [-0.05, 0) is 31.2 Å². The van der Waals surface area contributed by atoms with Crippen LogP contribution in [0.3, 0.4) is 0 Å². The predicted octanol–water partition coefficient (Wildman–Crippen LogP) is 2.31. The number of nitrogens with one attached hydrogen (secondary N) is 2. The predicted molar refractivity (Wildman–Crippen MR) is 77.2 cm³/mol. The summed E-state index contributed by atoms with van der Waals surface area (Å²) in [6, 6.07) is 8.83. The van der Waals surface area contributed by atoms with Gasteiger partial charge in [0.25, 0.3) is 0 Å². The van der Waals surface area contributed by atoms with Crippen LogP contribution in [0.2, 0.25) is 0 Å². The molecular weight excluding hydrogens is 256 g/mol.